The number of carbonyl (C=O) groups is 1. The molecule has 27 heavy (non-hydrogen) atoms. The highest BCUT2D eigenvalue weighted by atomic mass is 127. The Morgan fingerprint density at radius 3 is 2.63 bits per heavy atom. The molecule has 0 fully saturated rings. The van der Waals surface area contributed by atoms with E-state index < -0.39 is 5.91 Å². The van der Waals surface area contributed by atoms with Crippen LogP contribution in [0.2, 0.25) is 5.02 Å². The predicted molar refractivity (Wildman–Crippen MR) is 115 cm³/mol. The Labute approximate surface area is 177 Å². The third-order valence-electron chi connectivity index (χ3n) is 3.38. The van der Waals surface area contributed by atoms with Crippen molar-refractivity contribution in [3.05, 3.63) is 56.1 Å². The van der Waals surface area contributed by atoms with Gasteiger partial charge in [0, 0.05) is 10.7 Å². The summed E-state index contributed by atoms with van der Waals surface area (Å²) in [5, 5.41) is 12.6. The van der Waals surface area contributed by atoms with Crippen molar-refractivity contribution in [2.24, 2.45) is 0 Å². The van der Waals surface area contributed by atoms with Crippen molar-refractivity contribution in [2.45, 2.75) is 13.8 Å². The standard InChI is InChI=1S/C20H18ClIN2O3/c1-3-26-18-10-13(9-17(22)19(18)27-4-2)8-14(12-23)20(25)24-16-7-5-6-15(21)11-16/h5-11H,3-4H2,1-2H3,(H,24,25)/b14-8+. The van der Waals surface area contributed by atoms with Gasteiger partial charge in [-0.05, 0) is 78.4 Å². The number of rotatable bonds is 7. The van der Waals surface area contributed by atoms with Crippen LogP contribution in [0.5, 0.6) is 11.5 Å². The van der Waals surface area contributed by atoms with Gasteiger partial charge in [0.05, 0.1) is 16.8 Å². The Bertz CT molecular complexity index is 907. The van der Waals surface area contributed by atoms with Gasteiger partial charge in [0.25, 0.3) is 5.91 Å². The summed E-state index contributed by atoms with van der Waals surface area (Å²) < 4.78 is 12.1. The lowest BCUT2D eigenvalue weighted by Gasteiger charge is -2.13. The number of benzene rings is 2. The van der Waals surface area contributed by atoms with Gasteiger partial charge >= 0.3 is 0 Å². The van der Waals surface area contributed by atoms with E-state index in [-0.39, 0.29) is 5.57 Å². The number of nitrogens with zero attached hydrogens (tertiary/aromatic N) is 1. The fourth-order valence-electron chi connectivity index (χ4n) is 2.30. The maximum atomic E-state index is 12.4. The van der Waals surface area contributed by atoms with E-state index in [0.29, 0.717) is 41.0 Å². The predicted octanol–water partition coefficient (Wildman–Crippen LogP) is 5.29. The highest BCUT2D eigenvalue weighted by Crippen LogP contribution is 2.35. The van der Waals surface area contributed by atoms with E-state index in [1.54, 1.807) is 30.3 Å². The molecule has 5 nitrogen and oxygen atoms in total. The zero-order valence-electron chi connectivity index (χ0n) is 14.9. The average Bonchev–Trinajstić information content (AvgIpc) is 2.62. The second-order valence-corrected chi connectivity index (χ2v) is 6.93. The third-order valence-corrected chi connectivity index (χ3v) is 4.42. The van der Waals surface area contributed by atoms with Crippen LogP contribution in [0.4, 0.5) is 5.69 Å². The third kappa shape index (κ3) is 5.88. The van der Waals surface area contributed by atoms with Crippen LogP contribution in [-0.4, -0.2) is 19.1 Å². The second kappa shape index (κ2) is 10.2. The lowest BCUT2D eigenvalue weighted by Crippen LogP contribution is -2.13. The van der Waals surface area contributed by atoms with Crippen LogP contribution >= 0.6 is 34.2 Å². The van der Waals surface area contributed by atoms with Crippen LogP contribution in [0.15, 0.2) is 42.0 Å². The summed E-state index contributed by atoms with van der Waals surface area (Å²) in [5.74, 6) is 0.714. The number of anilines is 1. The first kappa shape index (κ1) is 21.1. The van der Waals surface area contributed by atoms with Crippen molar-refractivity contribution < 1.29 is 14.3 Å². The van der Waals surface area contributed by atoms with Gasteiger partial charge in [-0.25, -0.2) is 0 Å². The van der Waals surface area contributed by atoms with E-state index in [9.17, 15) is 10.1 Å². The molecule has 0 aromatic heterocycles. The highest BCUT2D eigenvalue weighted by Gasteiger charge is 2.14. The number of halogens is 2. The Hall–Kier alpha value is -2.24. The summed E-state index contributed by atoms with van der Waals surface area (Å²) >= 11 is 8.06. The average molecular weight is 497 g/mol. The van der Waals surface area contributed by atoms with Crippen molar-refractivity contribution in [2.75, 3.05) is 18.5 Å². The van der Waals surface area contributed by atoms with Gasteiger partial charge in [0.15, 0.2) is 11.5 Å². The zero-order valence-corrected chi connectivity index (χ0v) is 17.8. The zero-order chi connectivity index (χ0) is 19.8. The van der Waals surface area contributed by atoms with Crippen LogP contribution < -0.4 is 14.8 Å². The fourth-order valence-corrected chi connectivity index (χ4v) is 3.27. The van der Waals surface area contributed by atoms with Gasteiger partial charge in [-0.1, -0.05) is 17.7 Å². The number of amides is 1. The molecule has 1 amide bonds. The summed E-state index contributed by atoms with van der Waals surface area (Å²) in [6, 6.07) is 12.3. The summed E-state index contributed by atoms with van der Waals surface area (Å²) in [7, 11) is 0. The number of nitrogens with one attached hydrogen (secondary N) is 1. The number of carbonyl (C=O) groups excluding carboxylic acids is 1. The number of nitriles is 1. The molecule has 0 saturated heterocycles. The van der Waals surface area contributed by atoms with Crippen LogP contribution in [0.3, 0.4) is 0 Å². The molecule has 0 saturated carbocycles. The summed E-state index contributed by atoms with van der Waals surface area (Å²) in [6.45, 7) is 4.76. The minimum atomic E-state index is -0.512. The lowest BCUT2D eigenvalue weighted by molar-refractivity contribution is -0.112. The van der Waals surface area contributed by atoms with Crippen molar-refractivity contribution in [1.82, 2.24) is 0 Å². The highest BCUT2D eigenvalue weighted by molar-refractivity contribution is 14.1. The van der Waals surface area contributed by atoms with Crippen LogP contribution in [0.25, 0.3) is 6.08 Å². The smallest absolute Gasteiger partial charge is 0.266 e. The molecule has 0 aliphatic heterocycles. The quantitative estimate of drug-likeness (QED) is 0.321. The van der Waals surface area contributed by atoms with Crippen LogP contribution in [0, 0.1) is 14.9 Å². The van der Waals surface area contributed by atoms with E-state index in [0.717, 1.165) is 3.57 Å². The maximum Gasteiger partial charge on any atom is 0.266 e. The maximum absolute atomic E-state index is 12.4. The van der Waals surface area contributed by atoms with Gasteiger partial charge in [0.1, 0.15) is 11.6 Å². The molecule has 0 bridgehead atoms. The summed E-state index contributed by atoms with van der Waals surface area (Å²) in [4.78, 5) is 12.4. The first-order valence-electron chi connectivity index (χ1n) is 8.26. The van der Waals surface area contributed by atoms with E-state index in [4.69, 9.17) is 21.1 Å². The van der Waals surface area contributed by atoms with Gasteiger partial charge in [-0.2, -0.15) is 5.26 Å². The van der Waals surface area contributed by atoms with E-state index in [1.807, 2.05) is 26.0 Å². The first-order chi connectivity index (χ1) is 13.0. The minimum absolute atomic E-state index is 0.0302. The molecule has 0 aliphatic rings. The fraction of sp³-hybridized carbons (Fsp3) is 0.200. The molecule has 0 aliphatic carbocycles. The molecule has 2 rings (SSSR count). The van der Waals surface area contributed by atoms with E-state index in [2.05, 4.69) is 27.9 Å². The van der Waals surface area contributed by atoms with Crippen LogP contribution in [-0.2, 0) is 4.79 Å². The molecule has 140 valence electrons. The van der Waals surface area contributed by atoms with Gasteiger partial charge in [-0.15, -0.1) is 0 Å². The van der Waals surface area contributed by atoms with E-state index in [1.165, 1.54) is 6.08 Å². The molecular weight excluding hydrogens is 479 g/mol. The number of hydrogen-bond donors (Lipinski definition) is 1. The van der Waals surface area contributed by atoms with Gasteiger partial charge in [0.2, 0.25) is 0 Å². The van der Waals surface area contributed by atoms with Crippen LogP contribution in [0.1, 0.15) is 19.4 Å². The van der Waals surface area contributed by atoms with Crippen molar-refractivity contribution >= 4 is 51.9 Å². The van der Waals surface area contributed by atoms with Crippen molar-refractivity contribution in [1.29, 1.82) is 5.26 Å². The number of ether oxygens (including phenoxy) is 2. The molecule has 0 atom stereocenters. The normalized spacial score (nSPS) is 10.9. The molecule has 7 heteroatoms. The molecule has 2 aromatic rings. The Morgan fingerprint density at radius 1 is 1.26 bits per heavy atom. The molecule has 0 radical (unpaired) electrons. The minimum Gasteiger partial charge on any atom is -0.490 e. The molecule has 0 unspecified atom stereocenters. The second-order valence-electron chi connectivity index (χ2n) is 5.33. The molecule has 1 N–H and O–H groups in total. The molecule has 2 aromatic carbocycles. The van der Waals surface area contributed by atoms with Crippen molar-refractivity contribution in [3.63, 3.8) is 0 Å². The SMILES string of the molecule is CCOc1cc(/C=C(\C#N)C(=O)Nc2cccc(Cl)c2)cc(I)c1OCC. The Kier molecular flexibility index (Phi) is 7.95. The summed E-state index contributed by atoms with van der Waals surface area (Å²) in [6.07, 6.45) is 1.51. The first-order valence-corrected chi connectivity index (χ1v) is 9.72. The van der Waals surface area contributed by atoms with Gasteiger partial charge < -0.3 is 14.8 Å². The van der Waals surface area contributed by atoms with Crippen molar-refractivity contribution in [3.8, 4) is 17.6 Å². The Balaban J connectivity index is 2.33. The van der Waals surface area contributed by atoms with E-state index >= 15 is 0 Å². The van der Waals surface area contributed by atoms with Gasteiger partial charge in [-0.3, -0.25) is 4.79 Å². The monoisotopic (exact) mass is 496 g/mol. The largest absolute Gasteiger partial charge is 0.490 e. The topological polar surface area (TPSA) is 71.3 Å². The summed E-state index contributed by atoms with van der Waals surface area (Å²) in [5.41, 5.74) is 1.16. The number of hydrogen-bond acceptors (Lipinski definition) is 4. The lowest BCUT2D eigenvalue weighted by atomic mass is 10.1. The Morgan fingerprint density at radius 2 is 2.00 bits per heavy atom. The molecule has 0 heterocycles. The molecular formula is C20H18ClIN2O3. The molecule has 0 spiro atoms.